The molecule has 0 unspecified atom stereocenters. The van der Waals surface area contributed by atoms with Crippen LogP contribution < -0.4 is 32.3 Å². The third-order valence-electron chi connectivity index (χ3n) is 11.2. The van der Waals surface area contributed by atoms with Crippen LogP contribution in [0, 0.1) is 0 Å². The van der Waals surface area contributed by atoms with E-state index in [0.717, 1.165) is 12.8 Å². The molecule has 0 aromatic heterocycles. The highest BCUT2D eigenvalue weighted by Gasteiger charge is 2.34. The number of nitrogens with two attached hydrogens (primary N) is 1. The molecule has 1 aromatic rings. The van der Waals surface area contributed by atoms with Gasteiger partial charge in [0.05, 0.1) is 69.7 Å². The number of phenolic OH excluding ortho intramolecular Hbond substituents is 1. The molecule has 0 radical (unpaired) electrons. The zero-order valence-corrected chi connectivity index (χ0v) is 40.3. The molecule has 67 heavy (non-hydrogen) atoms. The van der Waals surface area contributed by atoms with Gasteiger partial charge in [-0.25, -0.2) is 0 Å². The van der Waals surface area contributed by atoms with E-state index in [-0.39, 0.29) is 81.5 Å². The van der Waals surface area contributed by atoms with Gasteiger partial charge < -0.3 is 56.4 Å². The lowest BCUT2D eigenvalue weighted by atomic mass is 9.96. The first kappa shape index (κ1) is 58.4. The van der Waals surface area contributed by atoms with E-state index in [1.807, 2.05) is 6.92 Å². The molecule has 0 aliphatic carbocycles. The highest BCUT2D eigenvalue weighted by atomic mass is 16.5. The molecule has 4 amide bonds. The van der Waals surface area contributed by atoms with Crippen LogP contribution in [0.4, 0.5) is 0 Å². The Morgan fingerprint density at radius 1 is 0.821 bits per heavy atom. The van der Waals surface area contributed by atoms with E-state index in [2.05, 4.69) is 26.6 Å². The Kier molecular flexibility index (Phi) is 28.7. The standard InChI is InChI=1S/C47H77N7O13/c1-6-7-13-37(51-29-43(60)47(3,4)53-46(63)39(52-33(2)55)27-34-16-18-35(56)19-17-34)41(58)28-50-38(42(59)30-54-21-10-15-40(54)45(48)62)14-8-9-20-49-44(61)32-67-26-25-65-22-11-12-36(57)31-66-24-23-64-5/h16-19,37-40,50-51,56H,6-15,20-32H2,1-5H3,(H2,48,62)(H,49,61)(H,52,55)(H,53,63)/t37-,38-,39-,40-/m0/s1. The lowest BCUT2D eigenvalue weighted by molar-refractivity contribution is -0.133. The molecule has 1 heterocycles. The van der Waals surface area contributed by atoms with Crippen LogP contribution in [-0.4, -0.2) is 173 Å². The van der Waals surface area contributed by atoms with Crippen LogP contribution >= 0.6 is 0 Å². The Morgan fingerprint density at radius 3 is 2.16 bits per heavy atom. The van der Waals surface area contributed by atoms with Crippen molar-refractivity contribution in [2.45, 2.75) is 128 Å². The van der Waals surface area contributed by atoms with Gasteiger partial charge in [-0.3, -0.25) is 43.3 Å². The lowest BCUT2D eigenvalue weighted by Crippen LogP contribution is -2.59. The molecule has 8 N–H and O–H groups in total. The molecule has 2 rings (SSSR count). The topological polar surface area (TPSA) is 283 Å². The second kappa shape index (κ2) is 32.9. The fraction of sp³-hybridized carbons (Fsp3) is 0.702. The van der Waals surface area contributed by atoms with E-state index in [0.29, 0.717) is 89.8 Å². The van der Waals surface area contributed by atoms with Gasteiger partial charge in [-0.2, -0.15) is 0 Å². The number of unbranched alkanes of at least 4 members (excludes halogenated alkanes) is 2. The lowest BCUT2D eigenvalue weighted by Gasteiger charge is -2.29. The van der Waals surface area contributed by atoms with Gasteiger partial charge in [0.2, 0.25) is 23.6 Å². The smallest absolute Gasteiger partial charge is 0.245 e. The Balaban J connectivity index is 1.91. The molecule has 0 bridgehead atoms. The molecule has 20 heteroatoms. The van der Waals surface area contributed by atoms with Crippen LogP contribution in [-0.2, 0) is 63.7 Å². The fourth-order valence-electron chi connectivity index (χ4n) is 7.29. The summed E-state index contributed by atoms with van der Waals surface area (Å²) in [5, 5.41) is 24.0. The van der Waals surface area contributed by atoms with Crippen LogP contribution in [0.3, 0.4) is 0 Å². The third-order valence-corrected chi connectivity index (χ3v) is 11.2. The number of ether oxygens (including phenoxy) is 4. The largest absolute Gasteiger partial charge is 0.508 e. The number of nitrogens with zero attached hydrogens (tertiary/aromatic N) is 1. The Morgan fingerprint density at radius 2 is 1.48 bits per heavy atom. The summed E-state index contributed by atoms with van der Waals surface area (Å²) >= 11 is 0. The highest BCUT2D eigenvalue weighted by molar-refractivity contribution is 5.96. The number of carbonyl (C=O) groups is 8. The molecule has 1 aromatic carbocycles. The van der Waals surface area contributed by atoms with Gasteiger partial charge in [0.15, 0.2) is 23.1 Å². The van der Waals surface area contributed by atoms with Crippen molar-refractivity contribution in [2.24, 2.45) is 5.73 Å². The van der Waals surface area contributed by atoms with Gasteiger partial charge in [0.25, 0.3) is 0 Å². The van der Waals surface area contributed by atoms with Crippen molar-refractivity contribution in [2.75, 3.05) is 86.1 Å². The number of hydrogen-bond donors (Lipinski definition) is 7. The van der Waals surface area contributed by atoms with Gasteiger partial charge in [0, 0.05) is 40.0 Å². The van der Waals surface area contributed by atoms with Gasteiger partial charge >= 0.3 is 0 Å². The molecular formula is C47H77N7O13. The second-order valence-electron chi connectivity index (χ2n) is 17.3. The maximum absolute atomic E-state index is 13.8. The minimum atomic E-state index is -1.38. The molecule has 1 aliphatic rings. The van der Waals surface area contributed by atoms with Crippen LogP contribution in [0.5, 0.6) is 5.75 Å². The van der Waals surface area contributed by atoms with E-state index in [1.54, 1.807) is 38.0 Å². The SMILES string of the molecule is CCCC[C@H](NCC(=O)C(C)(C)NC(=O)[C@H](Cc1ccc(O)cc1)NC(C)=O)C(=O)CN[C@@H](CCCCNC(=O)COCCOCCCC(=O)COCCOC)C(=O)CN1CCC[C@H]1C(N)=O. The highest BCUT2D eigenvalue weighted by Crippen LogP contribution is 2.18. The van der Waals surface area contributed by atoms with E-state index in [4.69, 9.17) is 24.7 Å². The molecule has 0 spiro atoms. The van der Waals surface area contributed by atoms with Gasteiger partial charge in [0.1, 0.15) is 25.0 Å². The van der Waals surface area contributed by atoms with Gasteiger partial charge in [-0.15, -0.1) is 0 Å². The summed E-state index contributed by atoms with van der Waals surface area (Å²) in [7, 11) is 1.56. The summed E-state index contributed by atoms with van der Waals surface area (Å²) in [6, 6.07) is 3.18. The fourth-order valence-corrected chi connectivity index (χ4v) is 7.29. The summed E-state index contributed by atoms with van der Waals surface area (Å²) in [5.41, 5.74) is 4.92. The summed E-state index contributed by atoms with van der Waals surface area (Å²) < 4.78 is 20.9. The van der Waals surface area contributed by atoms with E-state index in [9.17, 15) is 43.5 Å². The number of nitrogens with one attached hydrogen (secondary N) is 5. The van der Waals surface area contributed by atoms with Crippen LogP contribution in [0.25, 0.3) is 0 Å². The second-order valence-corrected chi connectivity index (χ2v) is 17.3. The maximum Gasteiger partial charge on any atom is 0.245 e. The van der Waals surface area contributed by atoms with Crippen molar-refractivity contribution < 1.29 is 62.4 Å². The number of amides is 4. The number of rotatable bonds is 39. The van der Waals surface area contributed by atoms with Crippen molar-refractivity contribution >= 4 is 46.8 Å². The molecule has 4 atom stereocenters. The first-order valence-electron chi connectivity index (χ1n) is 23.4. The van der Waals surface area contributed by atoms with E-state index in [1.165, 1.54) is 19.1 Å². The van der Waals surface area contributed by atoms with Crippen LogP contribution in [0.15, 0.2) is 24.3 Å². The van der Waals surface area contributed by atoms with E-state index >= 15 is 0 Å². The predicted molar refractivity (Wildman–Crippen MR) is 249 cm³/mol. The Hall–Kier alpha value is -4.70. The van der Waals surface area contributed by atoms with Crippen molar-refractivity contribution in [3.05, 3.63) is 29.8 Å². The third kappa shape index (κ3) is 24.8. The zero-order valence-electron chi connectivity index (χ0n) is 40.3. The molecule has 1 aliphatic heterocycles. The number of likely N-dealkylation sites (tertiary alicyclic amines) is 1. The maximum atomic E-state index is 13.8. The number of primary amides is 1. The number of ketones is 4. The first-order valence-corrected chi connectivity index (χ1v) is 23.4. The van der Waals surface area contributed by atoms with Crippen LogP contribution in [0.2, 0.25) is 0 Å². The van der Waals surface area contributed by atoms with Crippen molar-refractivity contribution in [3.8, 4) is 5.75 Å². The summed E-state index contributed by atoms with van der Waals surface area (Å²) in [4.78, 5) is 104. The number of carbonyl (C=O) groups excluding carboxylic acids is 8. The number of hydrogen-bond acceptors (Lipinski definition) is 16. The van der Waals surface area contributed by atoms with Gasteiger partial charge in [-0.05, 0) is 83.0 Å². The molecule has 0 saturated carbocycles. The molecule has 1 fully saturated rings. The van der Waals surface area contributed by atoms with Crippen LogP contribution in [0.1, 0.15) is 97.5 Å². The predicted octanol–water partition coefficient (Wildman–Crippen LogP) is 0.430. The zero-order chi connectivity index (χ0) is 49.6. The normalized spacial score (nSPS) is 15.3. The Bertz CT molecular complexity index is 1710. The minimum Gasteiger partial charge on any atom is -0.508 e. The quantitative estimate of drug-likeness (QED) is 0.0441. The molecule has 378 valence electrons. The summed E-state index contributed by atoms with van der Waals surface area (Å²) in [6.07, 6.45) is 5.60. The first-order chi connectivity index (χ1) is 32.0. The van der Waals surface area contributed by atoms with Crippen molar-refractivity contribution in [3.63, 3.8) is 0 Å². The monoisotopic (exact) mass is 948 g/mol. The molecule has 1 saturated heterocycles. The average molecular weight is 948 g/mol. The number of benzene rings is 1. The number of phenols is 1. The Labute approximate surface area is 395 Å². The number of Topliss-reactive ketones (excluding diaryl/α,β-unsaturated/α-hetero) is 4. The van der Waals surface area contributed by atoms with Gasteiger partial charge in [-0.1, -0.05) is 31.9 Å². The average Bonchev–Trinajstić information content (AvgIpc) is 3.75. The van der Waals surface area contributed by atoms with Crippen molar-refractivity contribution in [1.82, 2.24) is 31.5 Å². The summed E-state index contributed by atoms with van der Waals surface area (Å²) in [6.45, 7) is 8.30. The van der Waals surface area contributed by atoms with E-state index < -0.39 is 53.2 Å². The van der Waals surface area contributed by atoms with Crippen molar-refractivity contribution in [1.29, 1.82) is 0 Å². The number of aromatic hydroxyl groups is 1. The molecular weight excluding hydrogens is 871 g/mol. The molecule has 20 nitrogen and oxygen atoms in total. The summed E-state index contributed by atoms with van der Waals surface area (Å²) in [5.74, 6) is -2.64. The minimum absolute atomic E-state index is 0.0136. The number of methoxy groups -OCH3 is 1.